The van der Waals surface area contributed by atoms with E-state index in [4.69, 9.17) is 4.74 Å². The van der Waals surface area contributed by atoms with E-state index < -0.39 is 6.10 Å². The minimum Gasteiger partial charge on any atom is -0.365 e. The monoisotopic (exact) mass is 446 g/mol. The predicted molar refractivity (Wildman–Crippen MR) is 125 cm³/mol. The van der Waals surface area contributed by atoms with Crippen molar-refractivity contribution in [2.45, 2.75) is 52.7 Å². The quantitative estimate of drug-likeness (QED) is 0.589. The van der Waals surface area contributed by atoms with E-state index in [1.165, 1.54) is 18.3 Å². The first-order chi connectivity index (χ1) is 15.4. The molecule has 0 radical (unpaired) electrons. The van der Waals surface area contributed by atoms with Crippen molar-refractivity contribution < 1.29 is 18.7 Å². The predicted octanol–water partition coefficient (Wildman–Crippen LogP) is 3.70. The van der Waals surface area contributed by atoms with Gasteiger partial charge in [0, 0.05) is 25.0 Å². The summed E-state index contributed by atoms with van der Waals surface area (Å²) in [7, 11) is 1.81. The van der Waals surface area contributed by atoms with Crippen LogP contribution in [0.5, 0.6) is 0 Å². The maximum atomic E-state index is 12.2. The number of aryl methyl sites for hydroxylation is 1. The van der Waals surface area contributed by atoms with Gasteiger partial charge in [-0.1, -0.05) is 26.0 Å². The molecule has 2 amide bonds. The number of aromatic nitrogens is 1. The second-order valence-corrected chi connectivity index (χ2v) is 7.09. The molecule has 8 heteroatoms. The third kappa shape index (κ3) is 9.98. The molecule has 0 saturated carbocycles. The number of rotatable bonds is 6. The van der Waals surface area contributed by atoms with Crippen molar-refractivity contribution in [1.29, 1.82) is 0 Å². The van der Waals surface area contributed by atoms with E-state index in [0.29, 0.717) is 18.8 Å². The van der Waals surface area contributed by atoms with Crippen LogP contribution in [0.2, 0.25) is 0 Å². The third-order valence-electron chi connectivity index (χ3n) is 4.43. The summed E-state index contributed by atoms with van der Waals surface area (Å²) in [6, 6.07) is 9.71. The number of ether oxygens (including phenoxy) is 1. The fraction of sp³-hybridized carbons (Fsp3) is 0.458. The lowest BCUT2D eigenvalue weighted by molar-refractivity contribution is -0.126. The lowest BCUT2D eigenvalue weighted by atomic mass is 10.2. The van der Waals surface area contributed by atoms with Gasteiger partial charge >= 0.3 is 0 Å². The van der Waals surface area contributed by atoms with E-state index >= 15 is 0 Å². The van der Waals surface area contributed by atoms with Crippen molar-refractivity contribution in [2.75, 3.05) is 25.5 Å². The van der Waals surface area contributed by atoms with Crippen molar-refractivity contribution in [3.63, 3.8) is 0 Å². The van der Waals surface area contributed by atoms with Gasteiger partial charge in [-0.15, -0.1) is 0 Å². The van der Waals surface area contributed by atoms with Gasteiger partial charge in [0.2, 0.25) is 0 Å². The van der Waals surface area contributed by atoms with Crippen molar-refractivity contribution in [2.24, 2.45) is 0 Å². The molecule has 2 atom stereocenters. The van der Waals surface area contributed by atoms with Crippen LogP contribution in [0.3, 0.4) is 0 Å². The Morgan fingerprint density at radius 2 is 1.91 bits per heavy atom. The topological polar surface area (TPSA) is 92.3 Å². The fourth-order valence-electron chi connectivity index (χ4n) is 2.85. The summed E-state index contributed by atoms with van der Waals surface area (Å²) >= 11 is 0. The molecule has 7 nitrogen and oxygen atoms in total. The van der Waals surface area contributed by atoms with Crippen LogP contribution in [-0.2, 0) is 9.53 Å². The molecule has 32 heavy (non-hydrogen) atoms. The Labute approximate surface area is 190 Å². The smallest absolute Gasteiger partial charge is 0.269 e. The van der Waals surface area contributed by atoms with Crippen LogP contribution in [0, 0.1) is 12.7 Å². The number of nitrogens with one attached hydrogen (secondary N) is 3. The van der Waals surface area contributed by atoms with Gasteiger partial charge in [-0.2, -0.15) is 0 Å². The number of hydrogen-bond donors (Lipinski definition) is 3. The molecular weight excluding hydrogens is 411 g/mol. The summed E-state index contributed by atoms with van der Waals surface area (Å²) in [5.41, 5.74) is 1.78. The number of likely N-dealkylation sites (N-methyl/N-ethyl adjacent to an activating group) is 1. The highest BCUT2D eigenvalue weighted by molar-refractivity contribution is 5.97. The number of amides is 2. The second kappa shape index (κ2) is 15.0. The zero-order valence-electron chi connectivity index (χ0n) is 19.6. The van der Waals surface area contributed by atoms with Crippen LogP contribution in [0.1, 0.15) is 49.7 Å². The molecule has 0 spiro atoms. The zero-order valence-corrected chi connectivity index (χ0v) is 19.6. The molecule has 3 rings (SSSR count). The molecule has 0 bridgehead atoms. The summed E-state index contributed by atoms with van der Waals surface area (Å²) in [6.07, 6.45) is 2.79. The fourth-order valence-corrected chi connectivity index (χ4v) is 2.85. The number of carbonyl (C=O) groups is 2. The summed E-state index contributed by atoms with van der Waals surface area (Å²) in [4.78, 5) is 28.0. The molecule has 1 fully saturated rings. The summed E-state index contributed by atoms with van der Waals surface area (Å²) < 4.78 is 17.7. The molecule has 1 aliphatic heterocycles. The highest BCUT2D eigenvalue weighted by Crippen LogP contribution is 2.20. The van der Waals surface area contributed by atoms with Gasteiger partial charge in [-0.25, -0.2) is 4.39 Å². The molecule has 1 aromatic carbocycles. The van der Waals surface area contributed by atoms with E-state index in [1.54, 1.807) is 18.2 Å². The van der Waals surface area contributed by atoms with Crippen molar-refractivity contribution >= 4 is 17.5 Å². The van der Waals surface area contributed by atoms with E-state index in [1.807, 2.05) is 40.8 Å². The average Bonchev–Trinajstić information content (AvgIpc) is 3.22. The van der Waals surface area contributed by atoms with Crippen LogP contribution < -0.4 is 16.0 Å². The summed E-state index contributed by atoms with van der Waals surface area (Å²) in [6.45, 7) is 9.01. The van der Waals surface area contributed by atoms with Crippen molar-refractivity contribution in [3.8, 4) is 0 Å². The van der Waals surface area contributed by atoms with Gasteiger partial charge in [-0.3, -0.25) is 14.6 Å². The summed E-state index contributed by atoms with van der Waals surface area (Å²) in [5, 5.41) is 8.45. The molecule has 176 valence electrons. The van der Waals surface area contributed by atoms with Crippen molar-refractivity contribution in [1.82, 2.24) is 15.6 Å². The van der Waals surface area contributed by atoms with E-state index in [0.717, 1.165) is 18.4 Å². The Morgan fingerprint density at radius 1 is 1.16 bits per heavy atom. The number of carbonyl (C=O) groups excluding carboxylic acids is 2. The molecule has 1 aliphatic rings. The molecule has 2 aromatic rings. The maximum absolute atomic E-state index is 12.2. The largest absolute Gasteiger partial charge is 0.365 e. The van der Waals surface area contributed by atoms with Gasteiger partial charge in [-0.05, 0) is 63.6 Å². The van der Waals surface area contributed by atoms with Crippen LogP contribution >= 0.6 is 0 Å². The van der Waals surface area contributed by atoms with Gasteiger partial charge < -0.3 is 20.7 Å². The van der Waals surface area contributed by atoms with Gasteiger partial charge in [0.15, 0.2) is 0 Å². The van der Waals surface area contributed by atoms with Gasteiger partial charge in [0.05, 0.1) is 6.10 Å². The number of benzene rings is 1. The Morgan fingerprint density at radius 3 is 2.47 bits per heavy atom. The first-order valence-electron chi connectivity index (χ1n) is 11.0. The highest BCUT2D eigenvalue weighted by atomic mass is 19.1. The average molecular weight is 447 g/mol. The lowest BCUT2D eigenvalue weighted by Crippen LogP contribution is -2.31. The molecular formula is C24H35FN4O3. The van der Waals surface area contributed by atoms with Crippen LogP contribution in [-0.4, -0.2) is 49.1 Å². The van der Waals surface area contributed by atoms with Gasteiger partial charge in [0.25, 0.3) is 11.8 Å². The number of halogens is 1. The minimum absolute atomic E-state index is 0.113. The first-order valence-corrected chi connectivity index (χ1v) is 11.0. The Hall–Kier alpha value is -2.84. The number of anilines is 1. The highest BCUT2D eigenvalue weighted by Gasteiger charge is 2.28. The van der Waals surface area contributed by atoms with E-state index in [2.05, 4.69) is 20.9 Å². The number of pyridine rings is 1. The molecule has 1 aromatic heterocycles. The van der Waals surface area contributed by atoms with Crippen molar-refractivity contribution in [3.05, 3.63) is 59.7 Å². The third-order valence-corrected chi connectivity index (χ3v) is 4.43. The normalized spacial score (nSPS) is 16.7. The van der Waals surface area contributed by atoms with Crippen LogP contribution in [0.25, 0.3) is 0 Å². The maximum Gasteiger partial charge on any atom is 0.269 e. The molecule has 2 unspecified atom stereocenters. The molecule has 1 saturated heterocycles. The number of hydrogen-bond acceptors (Lipinski definition) is 5. The van der Waals surface area contributed by atoms with Gasteiger partial charge in [0.1, 0.15) is 17.6 Å². The second-order valence-electron chi connectivity index (χ2n) is 7.09. The Kier molecular flexibility index (Phi) is 12.8. The van der Waals surface area contributed by atoms with Crippen LogP contribution in [0.15, 0.2) is 42.6 Å². The standard InChI is InChI=1S/C15H22N4O3.C7H7F.C2H6/c1-10-3-4-13(22-10)15(21)19-11-5-6-17-12(9-11)14(20)18-8-7-16-2;1-6-3-2-4-7(8)5-6;1-2/h5-6,9-10,13,16H,3-4,7-8H2,1-2H3,(H,18,20)(H,17,19,21);2-5H,1H3;1-2H3. The zero-order chi connectivity index (χ0) is 23.9. The Bertz CT molecular complexity index is 830. The summed E-state index contributed by atoms with van der Waals surface area (Å²) in [5.74, 6) is -0.612. The molecule has 2 heterocycles. The van der Waals surface area contributed by atoms with Crippen LogP contribution in [0.4, 0.5) is 10.1 Å². The van der Waals surface area contributed by atoms with E-state index in [-0.39, 0.29) is 29.4 Å². The Balaban J connectivity index is 0.000000427. The molecule has 0 aliphatic carbocycles. The first kappa shape index (κ1) is 27.2. The number of nitrogens with zero attached hydrogens (tertiary/aromatic N) is 1. The minimum atomic E-state index is -0.420. The van der Waals surface area contributed by atoms with E-state index in [9.17, 15) is 14.0 Å². The SMILES string of the molecule is CC.CNCCNC(=O)c1cc(NC(=O)C2CCC(C)O2)ccn1.Cc1cccc(F)c1. The molecule has 3 N–H and O–H groups in total. The lowest BCUT2D eigenvalue weighted by Gasteiger charge is -2.12.